The third-order valence-corrected chi connectivity index (χ3v) is 3.11. The average molecular weight is 228 g/mol. The highest BCUT2D eigenvalue weighted by Gasteiger charge is 2.16. The Kier molecular flexibility index (Phi) is 2.87. The van der Waals surface area contributed by atoms with Crippen LogP contribution in [0, 0.1) is 6.92 Å². The first kappa shape index (κ1) is 11.3. The highest BCUT2D eigenvalue weighted by molar-refractivity contribution is 7.20. The molecule has 0 unspecified atom stereocenters. The molecule has 2 aromatic rings. The second kappa shape index (κ2) is 3.79. The minimum absolute atomic E-state index is 0. The van der Waals surface area contributed by atoms with E-state index in [1.807, 2.05) is 0 Å². The van der Waals surface area contributed by atoms with E-state index in [0.717, 1.165) is 11.3 Å². The van der Waals surface area contributed by atoms with Gasteiger partial charge in [-0.25, -0.2) is 9.78 Å². The summed E-state index contributed by atoms with van der Waals surface area (Å²) in [5.41, 5.74) is 0.183. The molecule has 0 saturated carbocycles. The molecule has 2 heterocycles. The Labute approximate surface area is 87.5 Å². The van der Waals surface area contributed by atoms with E-state index >= 15 is 0 Å². The summed E-state index contributed by atoms with van der Waals surface area (Å²) in [5.74, 6) is -1.02. The van der Waals surface area contributed by atoms with Gasteiger partial charge in [0.1, 0.15) is 9.71 Å². The molecule has 0 spiro atoms. The van der Waals surface area contributed by atoms with Crippen LogP contribution < -0.4 is 5.56 Å². The molecule has 0 amide bonds. The van der Waals surface area contributed by atoms with E-state index in [0.29, 0.717) is 15.8 Å². The van der Waals surface area contributed by atoms with Crippen LogP contribution in [0.2, 0.25) is 0 Å². The molecule has 2 rings (SSSR count). The second-order valence-corrected chi connectivity index (χ2v) is 3.77. The van der Waals surface area contributed by atoms with Crippen LogP contribution in [-0.4, -0.2) is 26.5 Å². The molecule has 0 fully saturated rings. The van der Waals surface area contributed by atoms with Gasteiger partial charge in [-0.05, 0) is 12.5 Å². The van der Waals surface area contributed by atoms with Crippen LogP contribution in [-0.2, 0) is 0 Å². The fourth-order valence-corrected chi connectivity index (χ4v) is 2.27. The summed E-state index contributed by atoms with van der Waals surface area (Å²) in [6.07, 6.45) is 1.27. The van der Waals surface area contributed by atoms with E-state index in [1.54, 1.807) is 6.92 Å². The quantitative estimate of drug-likeness (QED) is 0.723. The number of aromatic carboxylic acids is 1. The Morgan fingerprint density at radius 1 is 1.60 bits per heavy atom. The van der Waals surface area contributed by atoms with Gasteiger partial charge in [0, 0.05) is 0 Å². The number of thiophene rings is 1. The third-order valence-electron chi connectivity index (χ3n) is 1.93. The van der Waals surface area contributed by atoms with Gasteiger partial charge in [0.05, 0.1) is 11.7 Å². The van der Waals surface area contributed by atoms with Crippen LogP contribution in [0.4, 0.5) is 0 Å². The monoisotopic (exact) mass is 228 g/mol. The predicted octanol–water partition coefficient (Wildman–Crippen LogP) is 0.167. The fraction of sp³-hybridized carbons (Fsp3) is 0.125. The summed E-state index contributed by atoms with van der Waals surface area (Å²) < 4.78 is 0. The van der Waals surface area contributed by atoms with Crippen LogP contribution >= 0.6 is 11.3 Å². The van der Waals surface area contributed by atoms with Crippen molar-refractivity contribution in [1.82, 2.24) is 9.97 Å². The zero-order chi connectivity index (χ0) is 10.3. The number of fused-ring (bicyclic) bond motifs is 1. The Morgan fingerprint density at radius 3 is 2.80 bits per heavy atom. The normalized spacial score (nSPS) is 9.93. The number of nitrogens with zero attached hydrogens (tertiary/aromatic N) is 1. The number of carboxylic acid groups (broad SMARTS) is 1. The van der Waals surface area contributed by atoms with Crippen molar-refractivity contribution in [3.63, 3.8) is 0 Å². The zero-order valence-electron chi connectivity index (χ0n) is 7.70. The van der Waals surface area contributed by atoms with Crippen molar-refractivity contribution in [3.8, 4) is 0 Å². The first-order valence-corrected chi connectivity index (χ1v) is 4.63. The van der Waals surface area contributed by atoms with Crippen LogP contribution in [0.3, 0.4) is 0 Å². The molecular weight excluding hydrogens is 220 g/mol. The Bertz CT molecular complexity index is 572. The second-order valence-electron chi connectivity index (χ2n) is 2.77. The first-order chi connectivity index (χ1) is 6.61. The Morgan fingerprint density at radius 2 is 2.27 bits per heavy atom. The van der Waals surface area contributed by atoms with Crippen LogP contribution in [0.15, 0.2) is 11.1 Å². The number of rotatable bonds is 1. The number of hydrogen-bond acceptors (Lipinski definition) is 4. The lowest BCUT2D eigenvalue weighted by Crippen LogP contribution is -2.06. The summed E-state index contributed by atoms with van der Waals surface area (Å²) in [4.78, 5) is 29.1. The van der Waals surface area contributed by atoms with Crippen LogP contribution in [0.1, 0.15) is 15.2 Å². The van der Waals surface area contributed by atoms with Gasteiger partial charge in [-0.1, -0.05) is 0 Å². The van der Waals surface area contributed by atoms with Gasteiger partial charge in [-0.2, -0.15) is 0 Å². The lowest BCUT2D eigenvalue weighted by Gasteiger charge is -1.89. The summed E-state index contributed by atoms with van der Waals surface area (Å²) in [5, 5.41) is 9.20. The van der Waals surface area contributed by atoms with Gasteiger partial charge >= 0.3 is 5.97 Å². The van der Waals surface area contributed by atoms with Gasteiger partial charge in [0.15, 0.2) is 0 Å². The zero-order valence-corrected chi connectivity index (χ0v) is 8.51. The minimum Gasteiger partial charge on any atom is -0.477 e. The topological polar surface area (TPSA) is 115 Å². The standard InChI is InChI=1S/C8H6N2O3S.H2O/c1-3-4-6(11)9-2-10-7(4)14-5(3)8(12)13;/h2H,1H3,(H,12,13)(H,9,10,11);1H2. The lowest BCUT2D eigenvalue weighted by atomic mass is 10.2. The molecule has 0 aliphatic heterocycles. The largest absolute Gasteiger partial charge is 0.477 e. The molecule has 80 valence electrons. The smallest absolute Gasteiger partial charge is 0.346 e. The van der Waals surface area contributed by atoms with Crippen molar-refractivity contribution < 1.29 is 15.4 Å². The number of aromatic nitrogens is 2. The number of carboxylic acids is 1. The molecule has 0 aliphatic rings. The molecular formula is C8H8N2O4S. The molecule has 4 N–H and O–H groups in total. The summed E-state index contributed by atoms with van der Waals surface area (Å²) in [6, 6.07) is 0. The van der Waals surface area contributed by atoms with E-state index in [-0.39, 0.29) is 15.9 Å². The van der Waals surface area contributed by atoms with E-state index in [2.05, 4.69) is 9.97 Å². The summed E-state index contributed by atoms with van der Waals surface area (Å²) in [7, 11) is 0. The van der Waals surface area contributed by atoms with Crippen molar-refractivity contribution in [1.29, 1.82) is 0 Å². The number of hydrogen-bond donors (Lipinski definition) is 2. The average Bonchev–Trinajstić information content (AvgIpc) is 2.45. The number of aryl methyl sites for hydroxylation is 1. The number of aromatic amines is 1. The lowest BCUT2D eigenvalue weighted by molar-refractivity contribution is 0.0701. The molecule has 0 atom stereocenters. The predicted molar refractivity (Wildman–Crippen MR) is 55.6 cm³/mol. The molecule has 0 bridgehead atoms. The molecule has 15 heavy (non-hydrogen) atoms. The van der Waals surface area contributed by atoms with Crippen LogP contribution in [0.25, 0.3) is 10.2 Å². The fourth-order valence-electron chi connectivity index (χ4n) is 1.28. The maximum atomic E-state index is 11.4. The number of nitrogens with one attached hydrogen (secondary N) is 1. The van der Waals surface area contributed by atoms with Gasteiger partial charge < -0.3 is 15.6 Å². The molecule has 0 saturated heterocycles. The van der Waals surface area contributed by atoms with Crippen molar-refractivity contribution in [2.24, 2.45) is 0 Å². The molecule has 2 aromatic heterocycles. The van der Waals surface area contributed by atoms with Gasteiger partial charge in [0.25, 0.3) is 5.56 Å². The van der Waals surface area contributed by atoms with E-state index in [1.165, 1.54) is 6.33 Å². The van der Waals surface area contributed by atoms with E-state index in [9.17, 15) is 9.59 Å². The molecule has 6 nitrogen and oxygen atoms in total. The van der Waals surface area contributed by atoms with Crippen molar-refractivity contribution in [2.75, 3.05) is 0 Å². The maximum absolute atomic E-state index is 11.4. The third kappa shape index (κ3) is 1.62. The molecule has 0 aliphatic carbocycles. The summed E-state index contributed by atoms with van der Waals surface area (Å²) >= 11 is 1.02. The van der Waals surface area contributed by atoms with E-state index < -0.39 is 5.97 Å². The SMILES string of the molecule is Cc1c(C(=O)O)sc2nc[nH]c(=O)c12.O. The van der Waals surface area contributed by atoms with Gasteiger partial charge in [-0.15, -0.1) is 11.3 Å². The number of H-pyrrole nitrogens is 1. The van der Waals surface area contributed by atoms with Crippen molar-refractivity contribution in [2.45, 2.75) is 6.92 Å². The molecule has 0 aromatic carbocycles. The van der Waals surface area contributed by atoms with Crippen LogP contribution in [0.5, 0.6) is 0 Å². The van der Waals surface area contributed by atoms with Crippen molar-refractivity contribution in [3.05, 3.63) is 27.1 Å². The highest BCUT2D eigenvalue weighted by atomic mass is 32.1. The van der Waals surface area contributed by atoms with Gasteiger partial charge in [-0.3, -0.25) is 4.79 Å². The van der Waals surface area contributed by atoms with Gasteiger partial charge in [0.2, 0.25) is 0 Å². The number of carbonyl (C=O) groups is 1. The minimum atomic E-state index is -1.02. The molecule has 0 radical (unpaired) electrons. The molecule has 7 heteroatoms. The summed E-state index contributed by atoms with van der Waals surface area (Å²) in [6.45, 7) is 1.61. The first-order valence-electron chi connectivity index (χ1n) is 3.81. The Hall–Kier alpha value is -1.73. The Balaban J connectivity index is 0.00000112. The maximum Gasteiger partial charge on any atom is 0.346 e. The van der Waals surface area contributed by atoms with Crippen molar-refractivity contribution >= 4 is 27.5 Å². The highest BCUT2D eigenvalue weighted by Crippen LogP contribution is 2.25. The van der Waals surface area contributed by atoms with E-state index in [4.69, 9.17) is 5.11 Å².